The second kappa shape index (κ2) is 7.20. The maximum absolute atomic E-state index is 5.82. The minimum Gasteiger partial charge on any atom is -0.423 e. The van der Waals surface area contributed by atoms with Gasteiger partial charge in [-0.3, -0.25) is 0 Å². The zero-order valence-electron chi connectivity index (χ0n) is 12.5. The summed E-state index contributed by atoms with van der Waals surface area (Å²) >= 11 is 0. The first-order chi connectivity index (χ1) is 9.70. The highest BCUT2D eigenvalue weighted by atomic mass is 16.4. The summed E-state index contributed by atoms with van der Waals surface area (Å²) in [5.74, 6) is 1.89. The zero-order valence-corrected chi connectivity index (χ0v) is 12.5. The molecule has 4 heteroatoms. The molecule has 0 radical (unpaired) electrons. The third-order valence-corrected chi connectivity index (χ3v) is 3.04. The van der Waals surface area contributed by atoms with Gasteiger partial charge in [0.05, 0.1) is 0 Å². The van der Waals surface area contributed by atoms with Gasteiger partial charge in [0.25, 0.3) is 0 Å². The van der Waals surface area contributed by atoms with Crippen LogP contribution in [0.25, 0.3) is 0 Å². The number of nitrogens with one attached hydrogen (secondary N) is 1. The average molecular weight is 273 g/mol. The molecular formula is C16H23N3O. The Kier molecular flexibility index (Phi) is 5.30. The predicted octanol–water partition coefficient (Wildman–Crippen LogP) is 3.36. The quantitative estimate of drug-likeness (QED) is 0.840. The Morgan fingerprint density at radius 2 is 1.90 bits per heavy atom. The first kappa shape index (κ1) is 14.7. The Balaban J connectivity index is 2.20. The highest BCUT2D eigenvalue weighted by Gasteiger charge is 2.20. The minimum absolute atomic E-state index is 0.0236. The number of rotatable bonds is 7. The van der Waals surface area contributed by atoms with Crippen LogP contribution < -0.4 is 5.32 Å². The van der Waals surface area contributed by atoms with E-state index in [0.717, 1.165) is 24.9 Å². The lowest BCUT2D eigenvalue weighted by molar-refractivity contribution is 0.391. The normalized spacial score (nSPS) is 12.8. The van der Waals surface area contributed by atoms with Gasteiger partial charge in [-0.15, -0.1) is 10.2 Å². The molecule has 0 saturated carbocycles. The molecular weight excluding hydrogens is 250 g/mol. The molecule has 20 heavy (non-hydrogen) atoms. The summed E-state index contributed by atoms with van der Waals surface area (Å²) in [6, 6.07) is 10.2. The highest BCUT2D eigenvalue weighted by Crippen LogP contribution is 2.21. The maximum Gasteiger partial charge on any atom is 0.237 e. The lowest BCUT2D eigenvalue weighted by Crippen LogP contribution is -2.23. The molecule has 0 saturated heterocycles. The highest BCUT2D eigenvalue weighted by molar-refractivity contribution is 5.23. The first-order valence-corrected chi connectivity index (χ1v) is 7.31. The fraction of sp³-hybridized carbons (Fsp3) is 0.500. The SMILES string of the molecule is CCCNC(c1ccccc1)c1nnc(CC(C)C)o1. The second-order valence-corrected chi connectivity index (χ2v) is 5.43. The van der Waals surface area contributed by atoms with Crippen molar-refractivity contribution < 1.29 is 4.42 Å². The van der Waals surface area contributed by atoms with Crippen LogP contribution in [0, 0.1) is 5.92 Å². The second-order valence-electron chi connectivity index (χ2n) is 5.43. The van der Waals surface area contributed by atoms with Gasteiger partial charge in [0.1, 0.15) is 6.04 Å². The molecule has 0 bridgehead atoms. The topological polar surface area (TPSA) is 51.0 Å². The summed E-state index contributed by atoms with van der Waals surface area (Å²) in [4.78, 5) is 0. The Morgan fingerprint density at radius 3 is 2.55 bits per heavy atom. The van der Waals surface area contributed by atoms with Crippen LogP contribution >= 0.6 is 0 Å². The van der Waals surface area contributed by atoms with E-state index in [1.807, 2.05) is 18.2 Å². The molecule has 0 aliphatic heterocycles. The summed E-state index contributed by atoms with van der Waals surface area (Å²) in [6.07, 6.45) is 1.89. The summed E-state index contributed by atoms with van der Waals surface area (Å²) < 4.78 is 5.82. The van der Waals surface area contributed by atoms with Crippen molar-refractivity contribution in [1.82, 2.24) is 15.5 Å². The van der Waals surface area contributed by atoms with Crippen LogP contribution in [-0.4, -0.2) is 16.7 Å². The van der Waals surface area contributed by atoms with Gasteiger partial charge in [-0.1, -0.05) is 51.1 Å². The molecule has 0 spiro atoms. The van der Waals surface area contributed by atoms with Crippen molar-refractivity contribution >= 4 is 0 Å². The summed E-state index contributed by atoms with van der Waals surface area (Å²) in [6.45, 7) is 7.36. The number of aromatic nitrogens is 2. The van der Waals surface area contributed by atoms with Gasteiger partial charge in [-0.25, -0.2) is 0 Å². The Morgan fingerprint density at radius 1 is 1.15 bits per heavy atom. The third kappa shape index (κ3) is 3.90. The van der Waals surface area contributed by atoms with Gasteiger partial charge < -0.3 is 9.73 Å². The van der Waals surface area contributed by atoms with Crippen LogP contribution in [0.2, 0.25) is 0 Å². The van der Waals surface area contributed by atoms with E-state index in [4.69, 9.17) is 4.42 Å². The molecule has 1 atom stereocenters. The number of hydrogen-bond donors (Lipinski definition) is 1. The van der Waals surface area contributed by atoms with Crippen molar-refractivity contribution in [2.45, 2.75) is 39.7 Å². The molecule has 1 aromatic heterocycles. The number of benzene rings is 1. The Labute approximate surface area is 120 Å². The zero-order chi connectivity index (χ0) is 14.4. The third-order valence-electron chi connectivity index (χ3n) is 3.04. The van der Waals surface area contributed by atoms with Crippen molar-refractivity contribution in [2.75, 3.05) is 6.54 Å². The van der Waals surface area contributed by atoms with E-state index in [0.29, 0.717) is 17.7 Å². The van der Waals surface area contributed by atoms with Crippen LogP contribution in [-0.2, 0) is 6.42 Å². The van der Waals surface area contributed by atoms with E-state index in [1.54, 1.807) is 0 Å². The van der Waals surface area contributed by atoms with Gasteiger partial charge in [0, 0.05) is 6.42 Å². The fourth-order valence-corrected chi connectivity index (χ4v) is 2.10. The van der Waals surface area contributed by atoms with Crippen molar-refractivity contribution in [3.8, 4) is 0 Å². The van der Waals surface area contributed by atoms with E-state index < -0.39 is 0 Å². The molecule has 108 valence electrons. The number of nitrogens with zero attached hydrogens (tertiary/aromatic N) is 2. The smallest absolute Gasteiger partial charge is 0.237 e. The van der Waals surface area contributed by atoms with E-state index in [1.165, 1.54) is 0 Å². The number of hydrogen-bond acceptors (Lipinski definition) is 4. The first-order valence-electron chi connectivity index (χ1n) is 7.31. The van der Waals surface area contributed by atoms with Gasteiger partial charge in [0.2, 0.25) is 11.8 Å². The molecule has 1 N–H and O–H groups in total. The average Bonchev–Trinajstić information content (AvgIpc) is 2.88. The van der Waals surface area contributed by atoms with E-state index in [2.05, 4.69) is 48.4 Å². The molecule has 2 rings (SSSR count). The molecule has 1 aromatic carbocycles. The van der Waals surface area contributed by atoms with Crippen LogP contribution in [0.5, 0.6) is 0 Å². The summed E-state index contributed by atoms with van der Waals surface area (Å²) in [5.41, 5.74) is 1.15. The van der Waals surface area contributed by atoms with Crippen LogP contribution in [0.1, 0.15) is 50.6 Å². The van der Waals surface area contributed by atoms with Crippen LogP contribution in [0.15, 0.2) is 34.7 Å². The van der Waals surface area contributed by atoms with Crippen LogP contribution in [0.4, 0.5) is 0 Å². The summed E-state index contributed by atoms with van der Waals surface area (Å²) in [7, 11) is 0. The molecule has 0 fully saturated rings. The molecule has 4 nitrogen and oxygen atoms in total. The molecule has 2 aromatic rings. The van der Waals surface area contributed by atoms with Crippen molar-refractivity contribution in [1.29, 1.82) is 0 Å². The fourth-order valence-electron chi connectivity index (χ4n) is 2.10. The molecule has 0 aliphatic rings. The van der Waals surface area contributed by atoms with Gasteiger partial charge >= 0.3 is 0 Å². The molecule has 1 heterocycles. The van der Waals surface area contributed by atoms with Gasteiger partial charge in [-0.2, -0.15) is 0 Å². The van der Waals surface area contributed by atoms with E-state index in [-0.39, 0.29) is 6.04 Å². The standard InChI is InChI=1S/C16H23N3O/c1-4-10-17-15(13-8-6-5-7-9-13)16-19-18-14(20-16)11-12(2)3/h5-9,12,15,17H,4,10-11H2,1-3H3. The Bertz CT molecular complexity index is 507. The lowest BCUT2D eigenvalue weighted by Gasteiger charge is -2.14. The molecule has 0 aliphatic carbocycles. The largest absolute Gasteiger partial charge is 0.423 e. The van der Waals surface area contributed by atoms with E-state index >= 15 is 0 Å². The molecule has 0 amide bonds. The van der Waals surface area contributed by atoms with Crippen molar-refractivity contribution in [3.05, 3.63) is 47.7 Å². The van der Waals surface area contributed by atoms with Gasteiger partial charge in [-0.05, 0) is 24.4 Å². The monoisotopic (exact) mass is 273 g/mol. The van der Waals surface area contributed by atoms with Crippen molar-refractivity contribution in [2.24, 2.45) is 5.92 Å². The van der Waals surface area contributed by atoms with Crippen LogP contribution in [0.3, 0.4) is 0 Å². The van der Waals surface area contributed by atoms with Crippen molar-refractivity contribution in [3.63, 3.8) is 0 Å². The lowest BCUT2D eigenvalue weighted by atomic mass is 10.1. The maximum atomic E-state index is 5.82. The minimum atomic E-state index is -0.0236. The Hall–Kier alpha value is -1.68. The van der Waals surface area contributed by atoms with E-state index in [9.17, 15) is 0 Å². The van der Waals surface area contributed by atoms with Gasteiger partial charge in [0.15, 0.2) is 0 Å². The summed E-state index contributed by atoms with van der Waals surface area (Å²) in [5, 5.41) is 11.8. The molecule has 1 unspecified atom stereocenters. The predicted molar refractivity (Wildman–Crippen MR) is 79.4 cm³/mol.